The number of ether oxygens (including phenoxy) is 2. The van der Waals surface area contributed by atoms with Crippen molar-refractivity contribution in [3.05, 3.63) is 33.8 Å². The fourth-order valence-electron chi connectivity index (χ4n) is 2.06. The van der Waals surface area contributed by atoms with E-state index in [-0.39, 0.29) is 30.2 Å². The van der Waals surface area contributed by atoms with Gasteiger partial charge < -0.3 is 14.8 Å². The van der Waals surface area contributed by atoms with Gasteiger partial charge in [-0.2, -0.15) is 0 Å². The number of Topliss-reactive ketones (excluding diaryl/α,β-unsaturated/α-hetero) is 1. The van der Waals surface area contributed by atoms with Crippen LogP contribution in [0.1, 0.15) is 30.6 Å². The zero-order chi connectivity index (χ0) is 19.0. The second-order valence-electron chi connectivity index (χ2n) is 4.83. The number of benzene rings is 1. The maximum absolute atomic E-state index is 12.6. The fourth-order valence-corrected chi connectivity index (χ4v) is 2.57. The standard InChI is InChI=1S/C16H17Cl2NO6/c1-3-24-14(22)16(19-9-20,15(23)25-4-2)8-13(21)11-6-5-10(17)7-12(11)18/h5-7,9H,3-4,8H2,1-2H3,(H,19,20). The van der Waals surface area contributed by atoms with Crippen molar-refractivity contribution in [3.63, 3.8) is 0 Å². The van der Waals surface area contributed by atoms with E-state index in [0.717, 1.165) is 0 Å². The fraction of sp³-hybridized carbons (Fsp3) is 0.375. The molecule has 1 rings (SSSR count). The van der Waals surface area contributed by atoms with E-state index in [9.17, 15) is 19.2 Å². The third-order valence-electron chi connectivity index (χ3n) is 3.21. The van der Waals surface area contributed by atoms with Gasteiger partial charge in [-0.1, -0.05) is 23.2 Å². The Morgan fingerprint density at radius 1 is 1.12 bits per heavy atom. The molecule has 7 nitrogen and oxygen atoms in total. The number of nitrogens with one attached hydrogen (secondary N) is 1. The summed E-state index contributed by atoms with van der Waals surface area (Å²) in [4.78, 5) is 48.2. The molecular formula is C16H17Cl2NO6. The van der Waals surface area contributed by atoms with Crippen LogP contribution in [0, 0.1) is 0 Å². The Kier molecular flexibility index (Phi) is 7.86. The van der Waals surface area contributed by atoms with Crippen LogP contribution in [0.3, 0.4) is 0 Å². The first kappa shape index (κ1) is 20.9. The Morgan fingerprint density at radius 3 is 2.12 bits per heavy atom. The van der Waals surface area contributed by atoms with Gasteiger partial charge in [-0.3, -0.25) is 9.59 Å². The van der Waals surface area contributed by atoms with Crippen LogP contribution in [0.4, 0.5) is 0 Å². The minimum Gasteiger partial charge on any atom is -0.464 e. The van der Waals surface area contributed by atoms with Crippen molar-refractivity contribution >= 4 is 47.3 Å². The van der Waals surface area contributed by atoms with E-state index in [1.54, 1.807) is 0 Å². The first-order valence-corrected chi connectivity index (χ1v) is 8.12. The molecule has 0 aromatic heterocycles. The van der Waals surface area contributed by atoms with E-state index in [0.29, 0.717) is 5.02 Å². The van der Waals surface area contributed by atoms with Crippen LogP contribution < -0.4 is 5.32 Å². The largest absolute Gasteiger partial charge is 0.464 e. The highest BCUT2D eigenvalue weighted by Crippen LogP contribution is 2.25. The number of carbonyl (C=O) groups excluding carboxylic acids is 4. The number of hydrogen-bond acceptors (Lipinski definition) is 6. The molecule has 0 aliphatic heterocycles. The minimum absolute atomic E-state index is 0.0386. The molecular weight excluding hydrogens is 373 g/mol. The summed E-state index contributed by atoms with van der Waals surface area (Å²) >= 11 is 11.8. The van der Waals surface area contributed by atoms with Gasteiger partial charge in [0, 0.05) is 10.6 Å². The van der Waals surface area contributed by atoms with Crippen molar-refractivity contribution < 1.29 is 28.7 Å². The van der Waals surface area contributed by atoms with Crippen molar-refractivity contribution in [1.82, 2.24) is 5.32 Å². The SMILES string of the molecule is CCOC(=O)C(CC(=O)c1ccc(Cl)cc1Cl)(NC=O)C(=O)OCC. The molecule has 136 valence electrons. The van der Waals surface area contributed by atoms with Gasteiger partial charge >= 0.3 is 11.9 Å². The average molecular weight is 390 g/mol. The van der Waals surface area contributed by atoms with Gasteiger partial charge in [0.2, 0.25) is 11.9 Å². The predicted octanol–water partition coefficient (Wildman–Crippen LogP) is 2.18. The van der Waals surface area contributed by atoms with Crippen molar-refractivity contribution in [2.75, 3.05) is 13.2 Å². The van der Waals surface area contributed by atoms with Crippen LogP contribution >= 0.6 is 23.2 Å². The summed E-state index contributed by atoms with van der Waals surface area (Å²) in [6, 6.07) is 4.14. The molecule has 9 heteroatoms. The molecule has 1 aromatic rings. The Hall–Kier alpha value is -2.12. The summed E-state index contributed by atoms with van der Waals surface area (Å²) in [5.41, 5.74) is -2.26. The molecule has 0 aliphatic rings. The van der Waals surface area contributed by atoms with Crippen LogP contribution in [0.2, 0.25) is 10.0 Å². The normalized spacial score (nSPS) is 10.7. The maximum atomic E-state index is 12.6. The van der Waals surface area contributed by atoms with E-state index in [4.69, 9.17) is 32.7 Å². The lowest BCUT2D eigenvalue weighted by molar-refractivity contribution is -0.167. The lowest BCUT2D eigenvalue weighted by Gasteiger charge is -2.27. The second kappa shape index (κ2) is 9.39. The number of hydrogen-bond donors (Lipinski definition) is 1. The quantitative estimate of drug-likeness (QED) is 0.300. The third-order valence-corrected chi connectivity index (χ3v) is 3.76. The zero-order valence-corrected chi connectivity index (χ0v) is 15.1. The topological polar surface area (TPSA) is 98.8 Å². The molecule has 0 unspecified atom stereocenters. The molecule has 0 spiro atoms. The van der Waals surface area contributed by atoms with Gasteiger partial charge in [-0.05, 0) is 32.0 Å². The first-order chi connectivity index (χ1) is 11.8. The zero-order valence-electron chi connectivity index (χ0n) is 13.6. The van der Waals surface area contributed by atoms with E-state index in [2.05, 4.69) is 5.32 Å². The number of amides is 1. The Balaban J connectivity index is 3.30. The lowest BCUT2D eigenvalue weighted by Crippen LogP contribution is -2.60. The Morgan fingerprint density at radius 2 is 1.68 bits per heavy atom. The number of rotatable bonds is 9. The number of halogens is 2. The van der Waals surface area contributed by atoms with Crippen molar-refractivity contribution in [2.24, 2.45) is 0 Å². The summed E-state index contributed by atoms with van der Waals surface area (Å²) in [5.74, 6) is -2.87. The van der Waals surface area contributed by atoms with Crippen LogP contribution in [-0.4, -0.2) is 42.9 Å². The average Bonchev–Trinajstić information content (AvgIpc) is 2.54. The van der Waals surface area contributed by atoms with Gasteiger partial charge in [0.25, 0.3) is 0 Å². The van der Waals surface area contributed by atoms with Crippen LogP contribution in [0.15, 0.2) is 18.2 Å². The molecule has 1 amide bonds. The summed E-state index contributed by atoms with van der Waals surface area (Å²) in [5, 5.41) is 2.44. The van der Waals surface area contributed by atoms with E-state index in [1.807, 2.05) is 0 Å². The van der Waals surface area contributed by atoms with Gasteiger partial charge in [0.15, 0.2) is 5.78 Å². The highest BCUT2D eigenvalue weighted by atomic mass is 35.5. The molecule has 0 aliphatic carbocycles. The number of ketones is 1. The van der Waals surface area contributed by atoms with E-state index in [1.165, 1.54) is 32.0 Å². The molecule has 1 aromatic carbocycles. The number of esters is 2. The first-order valence-electron chi connectivity index (χ1n) is 7.36. The Labute approximate surface area is 154 Å². The maximum Gasteiger partial charge on any atom is 0.344 e. The highest BCUT2D eigenvalue weighted by Gasteiger charge is 2.51. The van der Waals surface area contributed by atoms with Crippen LogP contribution in [-0.2, 0) is 23.9 Å². The molecule has 0 heterocycles. The third kappa shape index (κ3) is 4.93. The van der Waals surface area contributed by atoms with Gasteiger partial charge in [0.05, 0.1) is 24.7 Å². The summed E-state index contributed by atoms with van der Waals surface area (Å²) < 4.78 is 9.69. The van der Waals surface area contributed by atoms with Crippen molar-refractivity contribution in [1.29, 1.82) is 0 Å². The van der Waals surface area contributed by atoms with Crippen molar-refractivity contribution in [2.45, 2.75) is 25.8 Å². The molecule has 0 radical (unpaired) electrons. The molecule has 0 bridgehead atoms. The summed E-state index contributed by atoms with van der Waals surface area (Å²) in [6.45, 7) is 2.92. The second-order valence-corrected chi connectivity index (χ2v) is 5.68. The summed E-state index contributed by atoms with van der Waals surface area (Å²) in [6.07, 6.45) is -0.588. The van der Waals surface area contributed by atoms with E-state index < -0.39 is 29.7 Å². The molecule has 0 saturated carbocycles. The molecule has 0 fully saturated rings. The van der Waals surface area contributed by atoms with E-state index >= 15 is 0 Å². The smallest absolute Gasteiger partial charge is 0.344 e. The van der Waals surface area contributed by atoms with Gasteiger partial charge in [-0.15, -0.1) is 0 Å². The number of carbonyl (C=O) groups is 4. The lowest BCUT2D eigenvalue weighted by atomic mass is 9.90. The monoisotopic (exact) mass is 389 g/mol. The molecule has 0 atom stereocenters. The summed E-state index contributed by atoms with van der Waals surface area (Å²) in [7, 11) is 0. The van der Waals surface area contributed by atoms with Crippen LogP contribution in [0.5, 0.6) is 0 Å². The Bertz CT molecular complexity index is 659. The van der Waals surface area contributed by atoms with Gasteiger partial charge in [0.1, 0.15) is 0 Å². The van der Waals surface area contributed by atoms with Crippen molar-refractivity contribution in [3.8, 4) is 0 Å². The predicted molar refractivity (Wildman–Crippen MR) is 90.6 cm³/mol. The molecule has 1 N–H and O–H groups in total. The molecule has 0 saturated heterocycles. The molecule has 25 heavy (non-hydrogen) atoms. The van der Waals surface area contributed by atoms with Crippen LogP contribution in [0.25, 0.3) is 0 Å². The van der Waals surface area contributed by atoms with Gasteiger partial charge in [-0.25, -0.2) is 9.59 Å². The minimum atomic E-state index is -2.30. The highest BCUT2D eigenvalue weighted by molar-refractivity contribution is 6.37.